The monoisotopic (exact) mass is 136 g/mol. The van der Waals surface area contributed by atoms with Gasteiger partial charge in [-0.25, -0.2) is 0 Å². The van der Waals surface area contributed by atoms with Gasteiger partial charge in [0.05, 0.1) is 6.20 Å². The third-order valence-electron chi connectivity index (χ3n) is 1.03. The zero-order chi connectivity index (χ0) is 7.40. The highest BCUT2D eigenvalue weighted by molar-refractivity contribution is 5.91. The molecule has 3 heteroatoms. The van der Waals surface area contributed by atoms with E-state index in [1.54, 1.807) is 18.5 Å². The van der Waals surface area contributed by atoms with Crippen LogP contribution in [0.15, 0.2) is 18.5 Å². The summed E-state index contributed by atoms with van der Waals surface area (Å²) < 4.78 is 0. The van der Waals surface area contributed by atoms with Crippen LogP contribution in [0.2, 0.25) is 0 Å². The molecule has 1 N–H and O–H groups in total. The van der Waals surface area contributed by atoms with Crippen molar-refractivity contribution in [2.45, 2.75) is 6.92 Å². The van der Waals surface area contributed by atoms with Crippen molar-refractivity contribution in [3.05, 3.63) is 24.0 Å². The van der Waals surface area contributed by atoms with Gasteiger partial charge in [-0.2, -0.15) is 5.10 Å². The van der Waals surface area contributed by atoms with E-state index in [0.29, 0.717) is 0 Å². The van der Waals surface area contributed by atoms with Crippen LogP contribution in [-0.2, 0) is 4.79 Å². The van der Waals surface area contributed by atoms with Gasteiger partial charge in [0.15, 0.2) is 5.78 Å². The topological polar surface area (TPSA) is 45.8 Å². The minimum absolute atomic E-state index is 0.0428. The van der Waals surface area contributed by atoms with Crippen molar-refractivity contribution in [3.8, 4) is 0 Å². The highest BCUT2D eigenvalue weighted by Crippen LogP contribution is 1.95. The standard InChI is InChI=1S/C7H8N2O/c1-6(10)2-3-7-4-8-9-5-7/h2-5H,1H3,(H,8,9). The molecule has 1 aromatic heterocycles. The summed E-state index contributed by atoms with van der Waals surface area (Å²) in [5, 5.41) is 6.35. The summed E-state index contributed by atoms with van der Waals surface area (Å²) in [5.41, 5.74) is 0.912. The number of H-pyrrole nitrogens is 1. The second-order valence-corrected chi connectivity index (χ2v) is 1.98. The van der Waals surface area contributed by atoms with Crippen LogP contribution < -0.4 is 0 Å². The molecule has 3 nitrogen and oxygen atoms in total. The van der Waals surface area contributed by atoms with Gasteiger partial charge in [0, 0.05) is 11.8 Å². The number of hydrogen-bond acceptors (Lipinski definition) is 2. The highest BCUT2D eigenvalue weighted by Gasteiger charge is 1.85. The Morgan fingerprint density at radius 1 is 1.80 bits per heavy atom. The lowest BCUT2D eigenvalue weighted by atomic mass is 10.3. The van der Waals surface area contributed by atoms with Gasteiger partial charge in [-0.05, 0) is 19.1 Å². The minimum atomic E-state index is 0.0428. The summed E-state index contributed by atoms with van der Waals surface area (Å²) in [6, 6.07) is 0. The number of allylic oxidation sites excluding steroid dienone is 1. The van der Waals surface area contributed by atoms with Crippen molar-refractivity contribution in [1.82, 2.24) is 10.2 Å². The molecule has 0 unspecified atom stereocenters. The van der Waals surface area contributed by atoms with E-state index in [-0.39, 0.29) is 5.78 Å². The van der Waals surface area contributed by atoms with Gasteiger partial charge in [0.25, 0.3) is 0 Å². The predicted octanol–water partition coefficient (Wildman–Crippen LogP) is 1.01. The Morgan fingerprint density at radius 2 is 2.60 bits per heavy atom. The Morgan fingerprint density at radius 3 is 3.10 bits per heavy atom. The molecular weight excluding hydrogens is 128 g/mol. The van der Waals surface area contributed by atoms with Gasteiger partial charge in [-0.3, -0.25) is 9.89 Å². The molecule has 1 rings (SSSR count). The van der Waals surface area contributed by atoms with Gasteiger partial charge in [-0.1, -0.05) is 0 Å². The first-order chi connectivity index (χ1) is 4.79. The molecule has 0 amide bonds. The van der Waals surface area contributed by atoms with Crippen molar-refractivity contribution in [2.24, 2.45) is 0 Å². The van der Waals surface area contributed by atoms with Gasteiger partial charge < -0.3 is 0 Å². The fourth-order valence-electron chi connectivity index (χ4n) is 0.566. The smallest absolute Gasteiger partial charge is 0.152 e. The fraction of sp³-hybridized carbons (Fsp3) is 0.143. The third-order valence-corrected chi connectivity index (χ3v) is 1.03. The van der Waals surface area contributed by atoms with Crippen LogP contribution in [0.25, 0.3) is 6.08 Å². The molecule has 0 spiro atoms. The number of nitrogens with zero attached hydrogens (tertiary/aromatic N) is 1. The number of aromatic amines is 1. The molecule has 1 aromatic rings. The van der Waals surface area contributed by atoms with Gasteiger partial charge in [0.1, 0.15) is 0 Å². The summed E-state index contributed by atoms with van der Waals surface area (Å²) in [4.78, 5) is 10.4. The number of carbonyl (C=O) groups is 1. The Labute approximate surface area is 58.8 Å². The first-order valence-corrected chi connectivity index (χ1v) is 2.96. The largest absolute Gasteiger partial charge is 0.295 e. The predicted molar refractivity (Wildman–Crippen MR) is 38.3 cm³/mol. The summed E-state index contributed by atoms with van der Waals surface area (Å²) in [6.07, 6.45) is 6.59. The number of ketones is 1. The van der Waals surface area contributed by atoms with E-state index in [9.17, 15) is 4.79 Å². The van der Waals surface area contributed by atoms with Crippen molar-refractivity contribution in [3.63, 3.8) is 0 Å². The van der Waals surface area contributed by atoms with E-state index in [1.807, 2.05) is 0 Å². The van der Waals surface area contributed by atoms with E-state index < -0.39 is 0 Å². The van der Waals surface area contributed by atoms with Crippen LogP contribution in [0.4, 0.5) is 0 Å². The summed E-state index contributed by atoms with van der Waals surface area (Å²) >= 11 is 0. The molecule has 0 aliphatic heterocycles. The highest BCUT2D eigenvalue weighted by atomic mass is 16.1. The molecule has 52 valence electrons. The summed E-state index contributed by atoms with van der Waals surface area (Å²) in [5.74, 6) is 0.0428. The lowest BCUT2D eigenvalue weighted by Crippen LogP contribution is -1.78. The van der Waals surface area contributed by atoms with E-state index in [0.717, 1.165) is 5.56 Å². The zero-order valence-electron chi connectivity index (χ0n) is 5.66. The molecule has 0 aromatic carbocycles. The second-order valence-electron chi connectivity index (χ2n) is 1.98. The molecule has 10 heavy (non-hydrogen) atoms. The third kappa shape index (κ3) is 1.85. The van der Waals surface area contributed by atoms with E-state index in [4.69, 9.17) is 0 Å². The lowest BCUT2D eigenvalue weighted by molar-refractivity contribution is -0.112. The second kappa shape index (κ2) is 2.96. The number of nitrogens with one attached hydrogen (secondary N) is 1. The first-order valence-electron chi connectivity index (χ1n) is 2.96. The molecule has 0 fully saturated rings. The quantitative estimate of drug-likeness (QED) is 0.617. The fourth-order valence-corrected chi connectivity index (χ4v) is 0.566. The average molecular weight is 136 g/mol. The van der Waals surface area contributed by atoms with Crippen molar-refractivity contribution in [1.29, 1.82) is 0 Å². The maximum Gasteiger partial charge on any atom is 0.152 e. The van der Waals surface area contributed by atoms with Crippen LogP contribution in [-0.4, -0.2) is 16.0 Å². The zero-order valence-corrected chi connectivity index (χ0v) is 5.66. The number of aromatic nitrogens is 2. The van der Waals surface area contributed by atoms with Gasteiger partial charge in [0.2, 0.25) is 0 Å². The summed E-state index contributed by atoms with van der Waals surface area (Å²) in [7, 11) is 0. The van der Waals surface area contributed by atoms with Gasteiger partial charge in [-0.15, -0.1) is 0 Å². The molecule has 0 radical (unpaired) electrons. The van der Waals surface area contributed by atoms with Crippen molar-refractivity contribution >= 4 is 11.9 Å². The minimum Gasteiger partial charge on any atom is -0.295 e. The number of rotatable bonds is 2. The first kappa shape index (κ1) is 6.74. The lowest BCUT2D eigenvalue weighted by Gasteiger charge is -1.77. The van der Waals surface area contributed by atoms with E-state index in [1.165, 1.54) is 13.0 Å². The SMILES string of the molecule is CC(=O)C=Cc1cn[nH]c1. The molecule has 0 saturated carbocycles. The maximum atomic E-state index is 10.4. The molecule has 0 aliphatic rings. The van der Waals surface area contributed by atoms with Crippen LogP contribution in [0, 0.1) is 0 Å². The summed E-state index contributed by atoms with van der Waals surface area (Å²) in [6.45, 7) is 1.51. The normalized spacial score (nSPS) is 10.5. The van der Waals surface area contributed by atoms with Gasteiger partial charge >= 0.3 is 0 Å². The molecular formula is C7H8N2O. The molecule has 0 aliphatic carbocycles. The van der Waals surface area contributed by atoms with E-state index >= 15 is 0 Å². The van der Waals surface area contributed by atoms with Crippen LogP contribution in [0.3, 0.4) is 0 Å². The Balaban J connectivity index is 2.64. The van der Waals surface area contributed by atoms with Crippen LogP contribution >= 0.6 is 0 Å². The van der Waals surface area contributed by atoms with E-state index in [2.05, 4.69) is 10.2 Å². The molecule has 0 bridgehead atoms. The average Bonchev–Trinajstić information content (AvgIpc) is 2.34. The molecule has 0 atom stereocenters. The van der Waals surface area contributed by atoms with Crippen LogP contribution in [0.1, 0.15) is 12.5 Å². The van der Waals surface area contributed by atoms with Crippen molar-refractivity contribution < 1.29 is 4.79 Å². The maximum absolute atomic E-state index is 10.4. The Hall–Kier alpha value is -1.38. The molecule has 1 heterocycles. The molecule has 0 saturated heterocycles. The number of hydrogen-bond donors (Lipinski definition) is 1. The number of carbonyl (C=O) groups excluding carboxylic acids is 1. The Bertz CT molecular complexity index is 236. The van der Waals surface area contributed by atoms with Crippen LogP contribution in [0.5, 0.6) is 0 Å². The Kier molecular flexibility index (Phi) is 1.99. The van der Waals surface area contributed by atoms with Crippen molar-refractivity contribution in [2.75, 3.05) is 0 Å².